The molecule has 0 heterocycles. The number of ketones is 1. The summed E-state index contributed by atoms with van der Waals surface area (Å²) >= 11 is 0. The highest BCUT2D eigenvalue weighted by Crippen LogP contribution is 2.63. The molecule has 0 spiro atoms. The van der Waals surface area contributed by atoms with Gasteiger partial charge in [0.05, 0.1) is 0 Å². The fourth-order valence-corrected chi connectivity index (χ4v) is 3.56. The number of Topliss-reactive ketones (excluding diaryl/α,β-unsaturated/α-hetero) is 1. The number of phenols is 1. The Labute approximate surface area is 124 Å². The molecule has 2 atom stereocenters. The third-order valence-corrected chi connectivity index (χ3v) is 5.62. The molecule has 2 saturated carbocycles. The molecular weight excluding hydrogens is 268 g/mol. The average Bonchev–Trinajstić information content (AvgIpc) is 2.73. The Morgan fingerprint density at radius 3 is 2.14 bits per heavy atom. The minimum Gasteiger partial charge on any atom is -0.507 e. The molecule has 2 N–H and O–H groups in total. The third-order valence-electron chi connectivity index (χ3n) is 5.62. The lowest BCUT2D eigenvalue weighted by Crippen LogP contribution is -2.32. The van der Waals surface area contributed by atoms with Gasteiger partial charge in [0.25, 0.3) is 0 Å². The Kier molecular flexibility index (Phi) is 3.83. The van der Waals surface area contributed by atoms with Crippen LogP contribution in [0.15, 0.2) is 24.3 Å². The van der Waals surface area contributed by atoms with E-state index in [1.165, 1.54) is 18.6 Å². The number of carbonyl (C=O) groups excluding carboxylic acids is 1. The zero-order valence-corrected chi connectivity index (χ0v) is 12.7. The highest BCUT2D eigenvalue weighted by molar-refractivity contribution is 5.90. The van der Waals surface area contributed by atoms with Crippen molar-refractivity contribution in [3.8, 4) is 5.75 Å². The molecule has 0 radical (unpaired) electrons. The van der Waals surface area contributed by atoms with Gasteiger partial charge >= 0.3 is 5.97 Å². The lowest BCUT2D eigenvalue weighted by atomic mass is 9.70. The van der Waals surface area contributed by atoms with Crippen molar-refractivity contribution >= 4 is 11.8 Å². The molecule has 2 unspecified atom stereocenters. The van der Waals surface area contributed by atoms with Crippen molar-refractivity contribution in [2.75, 3.05) is 0 Å². The smallest absolute Gasteiger partial charge is 0.339 e. The number of aromatic hydroxyl groups is 1. The molecule has 114 valence electrons. The minimum atomic E-state index is -1.11. The first kappa shape index (κ1) is 15.5. The van der Waals surface area contributed by atoms with E-state index in [1.54, 1.807) is 12.1 Å². The highest BCUT2D eigenvalue weighted by Gasteiger charge is 2.61. The second-order valence-corrected chi connectivity index (χ2v) is 6.74. The maximum absolute atomic E-state index is 11.6. The number of carboxylic acid groups (broad SMARTS) is 1. The van der Waals surface area contributed by atoms with Crippen LogP contribution in [0.3, 0.4) is 0 Å². The van der Waals surface area contributed by atoms with Gasteiger partial charge in [0.15, 0.2) is 0 Å². The molecule has 2 fully saturated rings. The Bertz CT molecular complexity index is 576. The molecule has 2 aliphatic carbocycles. The Morgan fingerprint density at radius 1 is 1.24 bits per heavy atom. The molecule has 4 heteroatoms. The van der Waals surface area contributed by atoms with Gasteiger partial charge in [-0.25, -0.2) is 4.79 Å². The van der Waals surface area contributed by atoms with Crippen LogP contribution in [0, 0.1) is 16.7 Å². The number of benzene rings is 1. The largest absolute Gasteiger partial charge is 0.507 e. The van der Waals surface area contributed by atoms with Gasteiger partial charge in [-0.3, -0.25) is 4.79 Å². The maximum atomic E-state index is 11.6. The topological polar surface area (TPSA) is 74.6 Å². The fraction of sp³-hybridized carbons (Fsp3) is 0.529. The van der Waals surface area contributed by atoms with Crippen LogP contribution in [0.25, 0.3) is 0 Å². The number of aromatic carboxylic acids is 1. The van der Waals surface area contributed by atoms with Crippen LogP contribution in [-0.4, -0.2) is 22.0 Å². The SMILES string of the molecule is CC12CCC(CC1=O)C2(C)C.O=C(O)c1ccccc1O. The zero-order valence-electron chi connectivity index (χ0n) is 12.7. The number of hydrogen-bond acceptors (Lipinski definition) is 3. The predicted molar refractivity (Wildman–Crippen MR) is 79.3 cm³/mol. The van der Waals surface area contributed by atoms with Crippen molar-refractivity contribution in [2.45, 2.75) is 40.0 Å². The molecule has 0 aliphatic heterocycles. The van der Waals surface area contributed by atoms with E-state index in [9.17, 15) is 9.59 Å². The first-order chi connectivity index (χ1) is 9.70. The van der Waals surface area contributed by atoms with Gasteiger partial charge in [0, 0.05) is 11.8 Å². The van der Waals surface area contributed by atoms with Crippen LogP contribution in [0.2, 0.25) is 0 Å². The molecule has 2 bridgehead atoms. The molecule has 4 nitrogen and oxygen atoms in total. The van der Waals surface area contributed by atoms with Gasteiger partial charge < -0.3 is 10.2 Å². The number of para-hydroxylation sites is 1. The van der Waals surface area contributed by atoms with Gasteiger partial charge in [0.1, 0.15) is 17.1 Å². The van der Waals surface area contributed by atoms with Crippen molar-refractivity contribution < 1.29 is 19.8 Å². The maximum Gasteiger partial charge on any atom is 0.339 e. The van der Waals surface area contributed by atoms with E-state index < -0.39 is 5.97 Å². The standard InChI is InChI=1S/C10H16O.C7H6O3/c1-9(2)7-4-5-10(9,3)8(11)6-7;8-6-4-2-1-3-5(6)7(9)10/h7H,4-6H2,1-3H3;1-4,8H,(H,9,10). The Hall–Kier alpha value is -1.84. The van der Waals surface area contributed by atoms with Gasteiger partial charge in [-0.15, -0.1) is 0 Å². The lowest BCUT2D eigenvalue weighted by molar-refractivity contribution is -0.128. The van der Waals surface area contributed by atoms with E-state index in [2.05, 4.69) is 20.8 Å². The molecule has 1 aromatic rings. The van der Waals surface area contributed by atoms with Crippen molar-refractivity contribution in [2.24, 2.45) is 16.7 Å². The molecule has 3 rings (SSSR count). The first-order valence-electron chi connectivity index (χ1n) is 7.25. The number of rotatable bonds is 1. The molecule has 0 amide bonds. The van der Waals surface area contributed by atoms with E-state index in [1.807, 2.05) is 0 Å². The molecule has 1 aromatic carbocycles. The summed E-state index contributed by atoms with van der Waals surface area (Å²) in [5, 5.41) is 17.3. The first-order valence-corrected chi connectivity index (χ1v) is 7.25. The van der Waals surface area contributed by atoms with Crippen molar-refractivity contribution in [3.63, 3.8) is 0 Å². The number of carboxylic acids is 1. The second kappa shape index (κ2) is 5.17. The summed E-state index contributed by atoms with van der Waals surface area (Å²) in [5.41, 5.74) is 0.240. The van der Waals surface area contributed by atoms with E-state index >= 15 is 0 Å². The molecule has 2 aliphatic rings. The zero-order chi connectivity index (χ0) is 15.8. The van der Waals surface area contributed by atoms with Gasteiger partial charge in [-0.05, 0) is 36.3 Å². The summed E-state index contributed by atoms with van der Waals surface area (Å²) in [5.74, 6) is -0.119. The third kappa shape index (κ3) is 2.43. The molecule has 21 heavy (non-hydrogen) atoms. The number of hydrogen-bond donors (Lipinski definition) is 2. The van der Waals surface area contributed by atoms with E-state index in [0.717, 1.165) is 12.8 Å². The van der Waals surface area contributed by atoms with Gasteiger partial charge in [-0.1, -0.05) is 32.9 Å². The van der Waals surface area contributed by atoms with Crippen LogP contribution in [0.5, 0.6) is 5.75 Å². The number of fused-ring (bicyclic) bond motifs is 2. The quantitative estimate of drug-likeness (QED) is 0.830. The normalized spacial score (nSPS) is 28.9. The van der Waals surface area contributed by atoms with Crippen LogP contribution in [0.4, 0.5) is 0 Å². The average molecular weight is 290 g/mol. The van der Waals surface area contributed by atoms with E-state index in [4.69, 9.17) is 10.2 Å². The summed E-state index contributed by atoms with van der Waals surface area (Å²) in [6.45, 7) is 6.67. The van der Waals surface area contributed by atoms with Crippen LogP contribution < -0.4 is 0 Å². The van der Waals surface area contributed by atoms with Gasteiger partial charge in [-0.2, -0.15) is 0 Å². The summed E-state index contributed by atoms with van der Waals surface area (Å²) in [6.07, 6.45) is 3.25. The molecular formula is C17H22O4. The molecule has 0 saturated heterocycles. The van der Waals surface area contributed by atoms with E-state index in [0.29, 0.717) is 11.7 Å². The predicted octanol–water partition coefficient (Wildman–Crippen LogP) is 3.49. The lowest BCUT2D eigenvalue weighted by Gasteiger charge is -2.32. The minimum absolute atomic E-state index is 0.0255. The van der Waals surface area contributed by atoms with Crippen molar-refractivity contribution in [1.29, 1.82) is 0 Å². The molecule has 0 aromatic heterocycles. The summed E-state index contributed by atoms with van der Waals surface area (Å²) in [7, 11) is 0. The fourth-order valence-electron chi connectivity index (χ4n) is 3.56. The van der Waals surface area contributed by atoms with Crippen molar-refractivity contribution in [1.82, 2.24) is 0 Å². The van der Waals surface area contributed by atoms with Gasteiger partial charge in [0.2, 0.25) is 0 Å². The highest BCUT2D eigenvalue weighted by atomic mass is 16.4. The summed E-state index contributed by atoms with van der Waals surface area (Å²) in [4.78, 5) is 21.8. The monoisotopic (exact) mass is 290 g/mol. The van der Waals surface area contributed by atoms with Crippen molar-refractivity contribution in [3.05, 3.63) is 29.8 Å². The van der Waals surface area contributed by atoms with Crippen LogP contribution >= 0.6 is 0 Å². The Morgan fingerprint density at radius 2 is 1.86 bits per heavy atom. The second-order valence-electron chi connectivity index (χ2n) is 6.74. The van der Waals surface area contributed by atoms with E-state index in [-0.39, 0.29) is 22.1 Å². The Balaban J connectivity index is 0.000000155. The van der Waals surface area contributed by atoms with Crippen LogP contribution in [0.1, 0.15) is 50.4 Å². The summed E-state index contributed by atoms with van der Waals surface area (Å²) < 4.78 is 0. The van der Waals surface area contributed by atoms with Crippen LogP contribution in [-0.2, 0) is 4.79 Å². The summed E-state index contributed by atoms with van der Waals surface area (Å²) in [6, 6.07) is 5.81. The number of carbonyl (C=O) groups is 2.